The van der Waals surface area contributed by atoms with Gasteiger partial charge in [-0.1, -0.05) is 36.4 Å². The Kier molecular flexibility index (Phi) is 2.41. The van der Waals surface area contributed by atoms with Gasteiger partial charge in [0.25, 0.3) is 0 Å². The molecule has 0 aliphatic rings. The van der Waals surface area contributed by atoms with Crippen molar-refractivity contribution < 1.29 is 0 Å². The van der Waals surface area contributed by atoms with Crippen LogP contribution in [0.2, 0.25) is 0 Å². The number of benzene rings is 2. The third-order valence-electron chi connectivity index (χ3n) is 3.00. The minimum absolute atomic E-state index is 0.923. The quantitative estimate of drug-likeness (QED) is 0.667. The Bertz CT molecular complexity index is 674. The van der Waals surface area contributed by atoms with E-state index in [-0.39, 0.29) is 0 Å². The zero-order chi connectivity index (χ0) is 11.7. The summed E-state index contributed by atoms with van der Waals surface area (Å²) >= 11 is 0. The van der Waals surface area contributed by atoms with Gasteiger partial charge in [0.05, 0.1) is 5.52 Å². The molecule has 84 valence electrons. The summed E-state index contributed by atoms with van der Waals surface area (Å²) in [4.78, 5) is 4.51. The smallest absolute Gasteiger partial charge is 0.0801 e. The van der Waals surface area contributed by atoms with Gasteiger partial charge in [-0.15, -0.1) is 0 Å². The molecule has 0 spiro atoms. The van der Waals surface area contributed by atoms with Crippen molar-refractivity contribution in [1.29, 1.82) is 0 Å². The fourth-order valence-corrected chi connectivity index (χ4v) is 2.23. The fourth-order valence-electron chi connectivity index (χ4n) is 2.23. The summed E-state index contributed by atoms with van der Waals surface area (Å²) in [5.74, 6) is 0. The number of aromatic nitrogens is 1. The topological polar surface area (TPSA) is 24.9 Å². The average Bonchev–Trinajstić information content (AvgIpc) is 2.39. The summed E-state index contributed by atoms with van der Waals surface area (Å²) in [5.41, 5.74) is 2.23. The predicted octanol–water partition coefficient (Wildman–Crippen LogP) is 3.82. The Morgan fingerprint density at radius 3 is 2.76 bits per heavy atom. The second kappa shape index (κ2) is 4.06. The first-order chi connectivity index (χ1) is 8.40. The molecule has 17 heavy (non-hydrogen) atoms. The van der Waals surface area contributed by atoms with Gasteiger partial charge in [0.1, 0.15) is 0 Å². The SMILES string of the molecule is CCNc1ccnc2c1ccc1ccccc12. The molecule has 0 atom stereocenters. The third-order valence-corrected chi connectivity index (χ3v) is 3.00. The summed E-state index contributed by atoms with van der Waals surface area (Å²) in [6.07, 6.45) is 1.87. The van der Waals surface area contributed by atoms with Gasteiger partial charge < -0.3 is 5.32 Å². The van der Waals surface area contributed by atoms with Crippen LogP contribution in [0.15, 0.2) is 48.7 Å². The van der Waals surface area contributed by atoms with E-state index in [1.54, 1.807) is 0 Å². The van der Waals surface area contributed by atoms with E-state index in [9.17, 15) is 0 Å². The van der Waals surface area contributed by atoms with Crippen molar-refractivity contribution in [3.05, 3.63) is 48.7 Å². The highest BCUT2D eigenvalue weighted by Gasteiger charge is 2.04. The van der Waals surface area contributed by atoms with Crippen LogP contribution in [-0.2, 0) is 0 Å². The van der Waals surface area contributed by atoms with E-state index in [1.165, 1.54) is 16.2 Å². The highest BCUT2D eigenvalue weighted by Crippen LogP contribution is 2.28. The maximum atomic E-state index is 4.51. The first-order valence-corrected chi connectivity index (χ1v) is 5.90. The molecule has 1 aromatic heterocycles. The first-order valence-electron chi connectivity index (χ1n) is 5.90. The average molecular weight is 222 g/mol. The van der Waals surface area contributed by atoms with Crippen molar-refractivity contribution in [3.63, 3.8) is 0 Å². The normalized spacial score (nSPS) is 10.9. The van der Waals surface area contributed by atoms with Crippen molar-refractivity contribution in [1.82, 2.24) is 4.98 Å². The standard InChI is InChI=1S/C15H14N2/c1-2-16-14-9-10-17-15-12-6-4-3-5-11(12)7-8-13(14)15/h3-10H,2H2,1H3,(H,16,17). The molecular weight excluding hydrogens is 208 g/mol. The summed E-state index contributed by atoms with van der Waals surface area (Å²) in [5, 5.41) is 7.01. The van der Waals surface area contributed by atoms with E-state index in [0.29, 0.717) is 0 Å². The fraction of sp³-hybridized carbons (Fsp3) is 0.133. The van der Waals surface area contributed by atoms with Gasteiger partial charge in [-0.05, 0) is 18.4 Å². The number of fused-ring (bicyclic) bond motifs is 3. The third kappa shape index (κ3) is 1.62. The summed E-state index contributed by atoms with van der Waals surface area (Å²) in [7, 11) is 0. The molecule has 1 heterocycles. The molecule has 0 radical (unpaired) electrons. The molecule has 3 rings (SSSR count). The number of hydrogen-bond donors (Lipinski definition) is 1. The maximum Gasteiger partial charge on any atom is 0.0801 e. The van der Waals surface area contributed by atoms with Gasteiger partial charge in [-0.2, -0.15) is 0 Å². The van der Waals surface area contributed by atoms with E-state index >= 15 is 0 Å². The maximum absolute atomic E-state index is 4.51. The zero-order valence-electron chi connectivity index (χ0n) is 9.77. The zero-order valence-corrected chi connectivity index (χ0v) is 9.77. The largest absolute Gasteiger partial charge is 0.385 e. The highest BCUT2D eigenvalue weighted by molar-refractivity contribution is 6.08. The number of anilines is 1. The molecule has 0 fully saturated rings. The Labute approximate surface area is 100 Å². The highest BCUT2D eigenvalue weighted by atomic mass is 14.9. The van der Waals surface area contributed by atoms with E-state index in [2.05, 4.69) is 53.6 Å². The van der Waals surface area contributed by atoms with Crippen molar-refractivity contribution >= 4 is 27.4 Å². The van der Waals surface area contributed by atoms with Crippen LogP contribution in [0, 0.1) is 0 Å². The molecular formula is C15H14N2. The lowest BCUT2D eigenvalue weighted by Crippen LogP contribution is -1.97. The van der Waals surface area contributed by atoms with Gasteiger partial charge in [0, 0.05) is 29.2 Å². The summed E-state index contributed by atoms with van der Waals surface area (Å²) in [6, 6.07) is 14.7. The van der Waals surface area contributed by atoms with E-state index in [0.717, 1.165) is 17.7 Å². The van der Waals surface area contributed by atoms with Crippen molar-refractivity contribution in [2.24, 2.45) is 0 Å². The van der Waals surface area contributed by atoms with E-state index in [4.69, 9.17) is 0 Å². The van der Waals surface area contributed by atoms with Crippen molar-refractivity contribution in [3.8, 4) is 0 Å². The van der Waals surface area contributed by atoms with E-state index < -0.39 is 0 Å². The van der Waals surface area contributed by atoms with Gasteiger partial charge >= 0.3 is 0 Å². The van der Waals surface area contributed by atoms with Crippen LogP contribution in [0.1, 0.15) is 6.92 Å². The van der Waals surface area contributed by atoms with Crippen LogP contribution >= 0.6 is 0 Å². The Hall–Kier alpha value is -2.09. The number of rotatable bonds is 2. The number of pyridine rings is 1. The molecule has 0 saturated heterocycles. The van der Waals surface area contributed by atoms with Crippen molar-refractivity contribution in [2.45, 2.75) is 6.92 Å². The van der Waals surface area contributed by atoms with Crippen molar-refractivity contribution in [2.75, 3.05) is 11.9 Å². The number of nitrogens with one attached hydrogen (secondary N) is 1. The van der Waals surface area contributed by atoms with Crippen LogP contribution in [0.4, 0.5) is 5.69 Å². The minimum Gasteiger partial charge on any atom is -0.385 e. The molecule has 3 aromatic rings. The lowest BCUT2D eigenvalue weighted by atomic mass is 10.1. The minimum atomic E-state index is 0.923. The lowest BCUT2D eigenvalue weighted by molar-refractivity contribution is 1.21. The lowest BCUT2D eigenvalue weighted by Gasteiger charge is -2.09. The van der Waals surface area contributed by atoms with Crippen LogP contribution in [0.5, 0.6) is 0 Å². The molecule has 0 bridgehead atoms. The van der Waals surface area contributed by atoms with Crippen LogP contribution in [-0.4, -0.2) is 11.5 Å². The second-order valence-electron chi connectivity index (χ2n) is 4.07. The molecule has 0 saturated carbocycles. The molecule has 1 N–H and O–H groups in total. The van der Waals surface area contributed by atoms with Gasteiger partial charge in [0.2, 0.25) is 0 Å². The molecule has 0 aliphatic carbocycles. The summed E-state index contributed by atoms with van der Waals surface area (Å²) < 4.78 is 0. The monoisotopic (exact) mass is 222 g/mol. The van der Waals surface area contributed by atoms with Gasteiger partial charge in [0.15, 0.2) is 0 Å². The number of nitrogens with zero attached hydrogens (tertiary/aromatic N) is 1. The van der Waals surface area contributed by atoms with Gasteiger partial charge in [-0.25, -0.2) is 0 Å². The summed E-state index contributed by atoms with van der Waals surface area (Å²) in [6.45, 7) is 3.03. The molecule has 0 amide bonds. The molecule has 2 aromatic carbocycles. The van der Waals surface area contributed by atoms with E-state index in [1.807, 2.05) is 12.3 Å². The van der Waals surface area contributed by atoms with Crippen LogP contribution in [0.25, 0.3) is 21.7 Å². The predicted molar refractivity (Wildman–Crippen MR) is 73.4 cm³/mol. The van der Waals surface area contributed by atoms with Crippen LogP contribution in [0.3, 0.4) is 0 Å². The first kappa shape index (κ1) is 10.1. The Morgan fingerprint density at radius 1 is 1.00 bits per heavy atom. The Morgan fingerprint density at radius 2 is 1.88 bits per heavy atom. The van der Waals surface area contributed by atoms with Gasteiger partial charge in [-0.3, -0.25) is 4.98 Å². The molecule has 0 aliphatic heterocycles. The van der Waals surface area contributed by atoms with Crippen LogP contribution < -0.4 is 5.32 Å². The molecule has 2 nitrogen and oxygen atoms in total. The molecule has 0 unspecified atom stereocenters. The Balaban J connectivity index is 2.40. The molecule has 2 heteroatoms. The number of hydrogen-bond acceptors (Lipinski definition) is 2. The second-order valence-corrected chi connectivity index (χ2v) is 4.07.